The maximum Gasteiger partial charge on any atom is 0.407 e. The molecular formula is C21H22FNO4. The molecule has 2 aromatic carbocycles. The molecule has 0 aliphatic carbocycles. The van der Waals surface area contributed by atoms with Gasteiger partial charge in [0.1, 0.15) is 17.0 Å². The van der Waals surface area contributed by atoms with E-state index in [0.29, 0.717) is 16.5 Å². The van der Waals surface area contributed by atoms with Gasteiger partial charge in [-0.05, 0) is 50.1 Å². The van der Waals surface area contributed by atoms with Gasteiger partial charge in [-0.25, -0.2) is 9.18 Å². The van der Waals surface area contributed by atoms with E-state index in [1.807, 2.05) is 24.3 Å². The van der Waals surface area contributed by atoms with Gasteiger partial charge in [-0.15, -0.1) is 0 Å². The van der Waals surface area contributed by atoms with E-state index < -0.39 is 24.1 Å². The summed E-state index contributed by atoms with van der Waals surface area (Å²) in [5.41, 5.74) is 2.39. The van der Waals surface area contributed by atoms with Crippen LogP contribution in [0.3, 0.4) is 0 Å². The van der Waals surface area contributed by atoms with Gasteiger partial charge in [-0.3, -0.25) is 0 Å². The highest BCUT2D eigenvalue weighted by Crippen LogP contribution is 2.33. The van der Waals surface area contributed by atoms with Gasteiger partial charge in [0.25, 0.3) is 0 Å². The molecular weight excluding hydrogens is 349 g/mol. The number of aliphatic hydroxyl groups is 1. The van der Waals surface area contributed by atoms with Gasteiger partial charge in [-0.1, -0.05) is 18.2 Å². The fourth-order valence-electron chi connectivity index (χ4n) is 2.83. The molecule has 0 radical (unpaired) electrons. The van der Waals surface area contributed by atoms with Crippen LogP contribution in [-0.4, -0.2) is 16.8 Å². The van der Waals surface area contributed by atoms with Gasteiger partial charge < -0.3 is 19.6 Å². The fourth-order valence-corrected chi connectivity index (χ4v) is 2.83. The van der Waals surface area contributed by atoms with Crippen LogP contribution in [0.25, 0.3) is 22.1 Å². The number of aliphatic hydroxyl groups excluding tert-OH is 1. The summed E-state index contributed by atoms with van der Waals surface area (Å²) in [6.07, 6.45) is 0.928. The number of benzene rings is 2. The Labute approximate surface area is 156 Å². The average molecular weight is 371 g/mol. The van der Waals surface area contributed by atoms with Crippen molar-refractivity contribution in [2.45, 2.75) is 39.5 Å². The van der Waals surface area contributed by atoms with Crippen LogP contribution in [0.4, 0.5) is 9.18 Å². The van der Waals surface area contributed by atoms with Crippen molar-refractivity contribution in [2.75, 3.05) is 0 Å². The SMILES string of the molecule is CC(C)(C)OC(=O)NCc1cccc(-c2cc(CO)c(F)c3ccoc23)c1. The summed E-state index contributed by atoms with van der Waals surface area (Å²) in [4.78, 5) is 11.8. The smallest absolute Gasteiger partial charge is 0.407 e. The number of fused-ring (bicyclic) bond motifs is 1. The molecule has 1 heterocycles. The van der Waals surface area contributed by atoms with Crippen molar-refractivity contribution >= 4 is 17.1 Å². The second kappa shape index (κ2) is 7.40. The summed E-state index contributed by atoms with van der Waals surface area (Å²) in [5.74, 6) is -0.479. The maximum atomic E-state index is 14.3. The van der Waals surface area contributed by atoms with E-state index >= 15 is 0 Å². The van der Waals surface area contributed by atoms with Gasteiger partial charge in [0.15, 0.2) is 0 Å². The Morgan fingerprint density at radius 1 is 1.26 bits per heavy atom. The summed E-state index contributed by atoms with van der Waals surface area (Å²) >= 11 is 0. The van der Waals surface area contributed by atoms with Crippen molar-refractivity contribution in [3.05, 3.63) is 59.6 Å². The molecule has 0 saturated heterocycles. The first kappa shape index (κ1) is 18.9. The lowest BCUT2D eigenvalue weighted by molar-refractivity contribution is 0.0523. The number of hydrogen-bond acceptors (Lipinski definition) is 4. The topological polar surface area (TPSA) is 71.7 Å². The number of ether oxygens (including phenoxy) is 1. The first-order valence-electron chi connectivity index (χ1n) is 8.64. The van der Waals surface area contributed by atoms with Crippen molar-refractivity contribution in [3.8, 4) is 11.1 Å². The minimum atomic E-state index is -0.564. The van der Waals surface area contributed by atoms with Crippen LogP contribution in [0.15, 0.2) is 47.1 Å². The van der Waals surface area contributed by atoms with Crippen LogP contribution in [-0.2, 0) is 17.9 Å². The normalized spacial score (nSPS) is 11.6. The highest BCUT2D eigenvalue weighted by Gasteiger charge is 2.17. The Morgan fingerprint density at radius 2 is 2.04 bits per heavy atom. The first-order chi connectivity index (χ1) is 12.8. The largest absolute Gasteiger partial charge is 0.464 e. The van der Waals surface area contributed by atoms with Crippen molar-refractivity contribution in [1.82, 2.24) is 5.32 Å². The summed E-state index contributed by atoms with van der Waals surface area (Å²) in [7, 11) is 0. The number of carbonyl (C=O) groups excluding carboxylic acids is 1. The quantitative estimate of drug-likeness (QED) is 0.694. The predicted molar refractivity (Wildman–Crippen MR) is 101 cm³/mol. The number of halogens is 1. The highest BCUT2D eigenvalue weighted by atomic mass is 19.1. The number of nitrogens with one attached hydrogen (secondary N) is 1. The Hall–Kier alpha value is -2.86. The second-order valence-electron chi connectivity index (χ2n) is 7.27. The molecule has 1 aromatic heterocycles. The van der Waals surface area contributed by atoms with E-state index in [-0.39, 0.29) is 12.1 Å². The lowest BCUT2D eigenvalue weighted by Gasteiger charge is -2.19. The Bertz CT molecular complexity index is 972. The van der Waals surface area contributed by atoms with E-state index in [1.165, 1.54) is 6.26 Å². The summed E-state index contributed by atoms with van der Waals surface area (Å²) < 4.78 is 25.0. The molecule has 27 heavy (non-hydrogen) atoms. The molecule has 5 nitrogen and oxygen atoms in total. The van der Waals surface area contributed by atoms with Gasteiger partial charge >= 0.3 is 6.09 Å². The zero-order valence-electron chi connectivity index (χ0n) is 15.5. The number of amides is 1. The Balaban J connectivity index is 1.88. The molecule has 0 saturated carbocycles. The predicted octanol–water partition coefficient (Wildman–Crippen LogP) is 4.76. The minimum Gasteiger partial charge on any atom is -0.464 e. The fraction of sp³-hybridized carbons (Fsp3) is 0.286. The van der Waals surface area contributed by atoms with Crippen LogP contribution >= 0.6 is 0 Å². The maximum absolute atomic E-state index is 14.3. The molecule has 0 fully saturated rings. The van der Waals surface area contributed by atoms with E-state index in [9.17, 15) is 14.3 Å². The van der Waals surface area contributed by atoms with E-state index in [4.69, 9.17) is 9.15 Å². The first-order valence-corrected chi connectivity index (χ1v) is 8.64. The van der Waals surface area contributed by atoms with Crippen LogP contribution in [0.5, 0.6) is 0 Å². The second-order valence-corrected chi connectivity index (χ2v) is 7.27. The molecule has 0 atom stereocenters. The molecule has 0 aliphatic heterocycles. The summed E-state index contributed by atoms with van der Waals surface area (Å²) in [5, 5.41) is 12.5. The van der Waals surface area contributed by atoms with Gasteiger partial charge in [0, 0.05) is 17.7 Å². The zero-order chi connectivity index (χ0) is 19.6. The number of carbonyl (C=O) groups is 1. The Morgan fingerprint density at radius 3 is 2.74 bits per heavy atom. The molecule has 3 rings (SSSR count). The van der Waals surface area contributed by atoms with Crippen LogP contribution < -0.4 is 5.32 Å². The third-order valence-corrected chi connectivity index (χ3v) is 3.99. The third kappa shape index (κ3) is 4.28. The molecule has 6 heteroatoms. The van der Waals surface area contributed by atoms with Crippen molar-refractivity contribution < 1.29 is 23.4 Å². The van der Waals surface area contributed by atoms with Crippen LogP contribution in [0.1, 0.15) is 31.9 Å². The number of rotatable bonds is 4. The van der Waals surface area contributed by atoms with Crippen molar-refractivity contribution in [3.63, 3.8) is 0 Å². The monoisotopic (exact) mass is 371 g/mol. The molecule has 142 valence electrons. The number of hydrogen-bond donors (Lipinski definition) is 2. The van der Waals surface area contributed by atoms with Crippen molar-refractivity contribution in [2.24, 2.45) is 0 Å². The average Bonchev–Trinajstić information content (AvgIpc) is 3.09. The molecule has 1 amide bonds. The highest BCUT2D eigenvalue weighted by molar-refractivity contribution is 5.93. The summed E-state index contributed by atoms with van der Waals surface area (Å²) in [6.45, 7) is 5.29. The molecule has 0 unspecified atom stereocenters. The van der Waals surface area contributed by atoms with Crippen LogP contribution in [0, 0.1) is 5.82 Å². The lowest BCUT2D eigenvalue weighted by Crippen LogP contribution is -2.32. The van der Waals surface area contributed by atoms with E-state index in [2.05, 4.69) is 5.32 Å². The minimum absolute atomic E-state index is 0.205. The van der Waals surface area contributed by atoms with E-state index in [0.717, 1.165) is 11.1 Å². The molecule has 0 bridgehead atoms. The Kier molecular flexibility index (Phi) is 5.19. The van der Waals surface area contributed by atoms with Gasteiger partial charge in [-0.2, -0.15) is 0 Å². The molecule has 0 spiro atoms. The van der Waals surface area contributed by atoms with Gasteiger partial charge in [0.2, 0.25) is 0 Å². The molecule has 2 N–H and O–H groups in total. The van der Waals surface area contributed by atoms with E-state index in [1.54, 1.807) is 32.9 Å². The van der Waals surface area contributed by atoms with Crippen molar-refractivity contribution in [1.29, 1.82) is 0 Å². The number of alkyl carbamates (subject to hydrolysis) is 1. The standard InChI is InChI=1S/C21H22FNO4/c1-21(2,3)27-20(25)23-11-13-5-4-6-14(9-13)17-10-15(12-24)18(22)16-7-8-26-19(16)17/h4-10,24H,11-12H2,1-3H3,(H,23,25). The number of furan rings is 1. The zero-order valence-corrected chi connectivity index (χ0v) is 15.5. The summed E-state index contributed by atoms with van der Waals surface area (Å²) in [6, 6.07) is 10.6. The molecule has 0 aliphatic rings. The lowest BCUT2D eigenvalue weighted by atomic mass is 9.98. The van der Waals surface area contributed by atoms with Gasteiger partial charge in [0.05, 0.1) is 18.3 Å². The third-order valence-electron chi connectivity index (χ3n) is 3.99. The molecule has 3 aromatic rings. The van der Waals surface area contributed by atoms with Crippen LogP contribution in [0.2, 0.25) is 0 Å².